The molecule has 0 aliphatic heterocycles. The Morgan fingerprint density at radius 3 is 3.05 bits per heavy atom. The van der Waals surface area contributed by atoms with Crippen LogP contribution in [0.25, 0.3) is 0 Å². The Kier molecular flexibility index (Phi) is 6.49. The van der Waals surface area contributed by atoms with Crippen LogP contribution >= 0.6 is 11.6 Å². The van der Waals surface area contributed by atoms with Crippen molar-refractivity contribution < 1.29 is 4.74 Å². The van der Waals surface area contributed by atoms with E-state index in [4.69, 9.17) is 16.3 Å². The summed E-state index contributed by atoms with van der Waals surface area (Å²) < 4.78 is 7.56. The molecular formula is C17H22ClN3O. The van der Waals surface area contributed by atoms with E-state index in [-0.39, 0.29) is 0 Å². The van der Waals surface area contributed by atoms with Gasteiger partial charge in [0.2, 0.25) is 0 Å². The van der Waals surface area contributed by atoms with Crippen molar-refractivity contribution in [3.63, 3.8) is 0 Å². The highest BCUT2D eigenvalue weighted by molar-refractivity contribution is 6.32. The van der Waals surface area contributed by atoms with Crippen molar-refractivity contribution in [3.05, 3.63) is 60.2 Å². The lowest BCUT2D eigenvalue weighted by Crippen LogP contribution is -2.23. The first-order valence-corrected chi connectivity index (χ1v) is 7.75. The fourth-order valence-electron chi connectivity index (χ4n) is 2.20. The predicted octanol–water partition coefficient (Wildman–Crippen LogP) is 3.53. The van der Waals surface area contributed by atoms with Gasteiger partial charge in [-0.1, -0.05) is 37.2 Å². The van der Waals surface area contributed by atoms with Gasteiger partial charge in [0.05, 0.1) is 11.3 Å². The van der Waals surface area contributed by atoms with Crippen molar-refractivity contribution in [3.8, 4) is 5.75 Å². The van der Waals surface area contributed by atoms with Crippen molar-refractivity contribution in [2.75, 3.05) is 13.2 Å². The molecule has 0 aliphatic carbocycles. The number of halogens is 1. The molecule has 1 aromatic carbocycles. The Labute approximate surface area is 136 Å². The summed E-state index contributed by atoms with van der Waals surface area (Å²) in [5.41, 5.74) is 1.14. The lowest BCUT2D eigenvalue weighted by molar-refractivity contribution is 0.363. The van der Waals surface area contributed by atoms with Gasteiger partial charge in [-0.25, -0.2) is 4.98 Å². The van der Waals surface area contributed by atoms with E-state index in [1.165, 1.54) is 0 Å². The summed E-state index contributed by atoms with van der Waals surface area (Å²) in [4.78, 5) is 4.05. The summed E-state index contributed by atoms with van der Waals surface area (Å²) in [6, 6.07) is 5.86. The zero-order valence-electron chi connectivity index (χ0n) is 12.8. The second kappa shape index (κ2) is 8.61. The van der Waals surface area contributed by atoms with Gasteiger partial charge in [0, 0.05) is 25.5 Å². The minimum absolute atomic E-state index is 0.461. The smallest absolute Gasteiger partial charge is 0.138 e. The molecule has 4 nitrogen and oxygen atoms in total. The van der Waals surface area contributed by atoms with Crippen molar-refractivity contribution >= 4 is 11.6 Å². The van der Waals surface area contributed by atoms with E-state index >= 15 is 0 Å². The first-order chi connectivity index (χ1) is 10.7. The minimum Gasteiger partial charge on any atom is -0.488 e. The van der Waals surface area contributed by atoms with Crippen LogP contribution in [-0.4, -0.2) is 22.7 Å². The molecule has 0 spiro atoms. The van der Waals surface area contributed by atoms with Gasteiger partial charge in [0.15, 0.2) is 0 Å². The van der Waals surface area contributed by atoms with Crippen LogP contribution < -0.4 is 10.1 Å². The van der Waals surface area contributed by atoms with Crippen LogP contribution in [0.3, 0.4) is 0 Å². The van der Waals surface area contributed by atoms with Gasteiger partial charge < -0.3 is 14.6 Å². The topological polar surface area (TPSA) is 39.1 Å². The van der Waals surface area contributed by atoms with E-state index in [2.05, 4.69) is 28.4 Å². The maximum absolute atomic E-state index is 6.20. The van der Waals surface area contributed by atoms with E-state index < -0.39 is 0 Å². The number of benzene rings is 1. The molecule has 1 unspecified atom stereocenters. The number of hydrogen-bond acceptors (Lipinski definition) is 3. The molecule has 118 valence electrons. The van der Waals surface area contributed by atoms with Crippen molar-refractivity contribution in [1.29, 1.82) is 0 Å². The van der Waals surface area contributed by atoms with Gasteiger partial charge in [-0.05, 0) is 30.2 Å². The van der Waals surface area contributed by atoms with Crippen molar-refractivity contribution in [1.82, 2.24) is 14.9 Å². The lowest BCUT2D eigenvalue weighted by Gasteiger charge is -2.14. The predicted molar refractivity (Wildman–Crippen MR) is 90.2 cm³/mol. The molecule has 0 bridgehead atoms. The van der Waals surface area contributed by atoms with Crippen LogP contribution in [0.15, 0.2) is 49.6 Å². The molecule has 0 saturated heterocycles. The number of aromatic nitrogens is 2. The molecule has 1 N–H and O–H groups in total. The minimum atomic E-state index is 0.461. The molecule has 22 heavy (non-hydrogen) atoms. The average Bonchev–Trinajstić information content (AvgIpc) is 2.99. The summed E-state index contributed by atoms with van der Waals surface area (Å²) in [7, 11) is 0. The lowest BCUT2D eigenvalue weighted by atomic mass is 10.1. The molecule has 0 radical (unpaired) electrons. The van der Waals surface area contributed by atoms with Crippen LogP contribution in [0.1, 0.15) is 12.5 Å². The number of nitrogens with one attached hydrogen (secondary N) is 1. The molecule has 0 aliphatic rings. The van der Waals surface area contributed by atoms with Crippen LogP contribution in [0.2, 0.25) is 5.02 Å². The molecule has 1 aromatic heterocycles. The Hall–Kier alpha value is -1.78. The van der Waals surface area contributed by atoms with E-state index in [1.807, 2.05) is 30.7 Å². The van der Waals surface area contributed by atoms with E-state index in [9.17, 15) is 0 Å². The second-order valence-corrected chi connectivity index (χ2v) is 5.77. The van der Waals surface area contributed by atoms with Crippen molar-refractivity contribution in [2.45, 2.75) is 20.0 Å². The standard InChI is InChI=1S/C17H22ClN3O/c1-3-8-22-17-5-4-15(9-16(17)18)11-20-10-14(2)12-21-7-6-19-13-21/h3-7,9,13-14,20H,1,8,10-12H2,2H3. The molecule has 2 rings (SSSR count). The third kappa shape index (κ3) is 5.20. The maximum Gasteiger partial charge on any atom is 0.138 e. The third-order valence-electron chi connectivity index (χ3n) is 3.26. The largest absolute Gasteiger partial charge is 0.488 e. The molecule has 2 aromatic rings. The number of ether oxygens (including phenoxy) is 1. The normalized spacial score (nSPS) is 12.1. The number of hydrogen-bond donors (Lipinski definition) is 1. The van der Waals surface area contributed by atoms with Gasteiger partial charge >= 0.3 is 0 Å². The fraction of sp³-hybridized carbons (Fsp3) is 0.353. The summed E-state index contributed by atoms with van der Waals surface area (Å²) >= 11 is 6.20. The van der Waals surface area contributed by atoms with Crippen LogP contribution in [-0.2, 0) is 13.1 Å². The van der Waals surface area contributed by atoms with Gasteiger partial charge in [0.1, 0.15) is 12.4 Å². The number of rotatable bonds is 9. The highest BCUT2D eigenvalue weighted by Crippen LogP contribution is 2.25. The quantitative estimate of drug-likeness (QED) is 0.719. The Morgan fingerprint density at radius 1 is 1.50 bits per heavy atom. The molecule has 1 atom stereocenters. The van der Waals surface area contributed by atoms with Crippen LogP contribution in [0.5, 0.6) is 5.75 Å². The number of nitrogens with zero attached hydrogens (tertiary/aromatic N) is 2. The van der Waals surface area contributed by atoms with Gasteiger partial charge in [-0.2, -0.15) is 0 Å². The Bertz CT molecular complexity index is 584. The molecule has 0 saturated carbocycles. The average molecular weight is 320 g/mol. The Morgan fingerprint density at radius 2 is 2.36 bits per heavy atom. The fourth-order valence-corrected chi connectivity index (χ4v) is 2.46. The first kappa shape index (κ1) is 16.6. The van der Waals surface area contributed by atoms with Crippen LogP contribution in [0, 0.1) is 5.92 Å². The molecule has 5 heteroatoms. The summed E-state index contributed by atoms with van der Waals surface area (Å²) in [6.07, 6.45) is 7.34. The zero-order chi connectivity index (χ0) is 15.8. The molecule has 0 amide bonds. The van der Waals surface area contributed by atoms with Gasteiger partial charge in [-0.15, -0.1) is 0 Å². The number of imidazole rings is 1. The van der Waals surface area contributed by atoms with Gasteiger partial charge in [0.25, 0.3) is 0 Å². The molecular weight excluding hydrogens is 298 g/mol. The molecule has 0 fully saturated rings. The van der Waals surface area contributed by atoms with E-state index in [0.717, 1.165) is 25.2 Å². The van der Waals surface area contributed by atoms with E-state index in [1.54, 1.807) is 12.3 Å². The summed E-state index contributed by atoms with van der Waals surface area (Å²) in [6.45, 7) is 8.98. The molecule has 1 heterocycles. The van der Waals surface area contributed by atoms with Gasteiger partial charge in [-0.3, -0.25) is 0 Å². The van der Waals surface area contributed by atoms with E-state index in [0.29, 0.717) is 23.3 Å². The van der Waals surface area contributed by atoms with Crippen LogP contribution in [0.4, 0.5) is 0 Å². The monoisotopic (exact) mass is 319 g/mol. The third-order valence-corrected chi connectivity index (χ3v) is 3.55. The SMILES string of the molecule is C=CCOc1ccc(CNCC(C)Cn2ccnc2)cc1Cl. The van der Waals surface area contributed by atoms with Crippen molar-refractivity contribution in [2.24, 2.45) is 5.92 Å². The summed E-state index contributed by atoms with van der Waals surface area (Å²) in [5.74, 6) is 1.22. The second-order valence-electron chi connectivity index (χ2n) is 5.36. The first-order valence-electron chi connectivity index (χ1n) is 7.37. The zero-order valence-corrected chi connectivity index (χ0v) is 13.6. The maximum atomic E-state index is 6.20. The highest BCUT2D eigenvalue weighted by atomic mass is 35.5. The Balaban J connectivity index is 1.76. The summed E-state index contributed by atoms with van der Waals surface area (Å²) in [5, 5.41) is 4.09. The highest BCUT2D eigenvalue weighted by Gasteiger charge is 2.05.